The Labute approximate surface area is 80.1 Å². The van der Waals surface area contributed by atoms with Gasteiger partial charge in [0, 0.05) is 12.3 Å². The Kier molecular flexibility index (Phi) is 3.77. The van der Waals surface area contributed by atoms with E-state index in [4.69, 9.17) is 4.74 Å². The van der Waals surface area contributed by atoms with Gasteiger partial charge in [-0.15, -0.1) is 0 Å². The van der Waals surface area contributed by atoms with Gasteiger partial charge in [0.05, 0.1) is 14.2 Å². The van der Waals surface area contributed by atoms with Gasteiger partial charge in [0.15, 0.2) is 0 Å². The topological polar surface area (TPSA) is 73.8 Å². The van der Waals surface area contributed by atoms with Gasteiger partial charge in [-0.05, 0) is 5.23 Å². The van der Waals surface area contributed by atoms with Gasteiger partial charge in [-0.3, -0.25) is 0 Å². The molecular weight excluding hydrogens is 190 g/mol. The fourth-order valence-electron chi connectivity index (χ4n) is 0.689. The van der Waals surface area contributed by atoms with Gasteiger partial charge in [-0.25, -0.2) is 24.4 Å². The Balaban J connectivity index is 2.57. The number of nitrogens with zero attached hydrogens (tertiary/aromatic N) is 3. The summed E-state index contributed by atoms with van der Waals surface area (Å²) in [5.41, 5.74) is 0. The van der Waals surface area contributed by atoms with Crippen LogP contribution in [0.25, 0.3) is 0 Å². The van der Waals surface area contributed by atoms with Crippen molar-refractivity contribution in [2.24, 2.45) is 0 Å². The van der Waals surface area contributed by atoms with Crippen molar-refractivity contribution in [2.75, 3.05) is 14.2 Å². The third-order valence-electron chi connectivity index (χ3n) is 1.23. The van der Waals surface area contributed by atoms with Crippen LogP contribution in [0.4, 0.5) is 4.79 Å². The average molecular weight is 199 g/mol. The minimum absolute atomic E-state index is 0.115. The molecule has 0 radical (unpaired) electrons. The summed E-state index contributed by atoms with van der Waals surface area (Å²) in [7, 11) is 2.54. The van der Waals surface area contributed by atoms with Crippen LogP contribution >= 0.6 is 0 Å². The maximum atomic E-state index is 11.2. The highest BCUT2D eigenvalue weighted by atomic mass is 17.0. The lowest BCUT2D eigenvalue weighted by Crippen LogP contribution is -2.31. The number of amides is 1. The first-order chi connectivity index (χ1) is 6.77. The minimum atomic E-state index is -0.825. The maximum absolute atomic E-state index is 11.2. The van der Waals surface area contributed by atoms with E-state index in [1.807, 2.05) is 0 Å². The molecule has 1 rings (SSSR count). The number of carbonyl (C=O) groups is 1. The molecule has 0 aliphatic rings. The van der Waals surface area contributed by atoms with Gasteiger partial charge >= 0.3 is 6.09 Å². The smallest absolute Gasteiger partial charge is 0.388 e. The highest BCUT2D eigenvalue weighted by Gasteiger charge is 2.15. The largest absolute Gasteiger partial charge is 0.466 e. The van der Waals surface area contributed by atoms with Crippen LogP contribution in [0.2, 0.25) is 0 Å². The van der Waals surface area contributed by atoms with Crippen molar-refractivity contribution >= 4 is 6.09 Å². The van der Waals surface area contributed by atoms with E-state index in [9.17, 15) is 4.79 Å². The number of hydrogen-bond donors (Lipinski definition) is 0. The van der Waals surface area contributed by atoms with Gasteiger partial charge < -0.3 is 4.74 Å². The molecular formula is C7H9N3O4. The SMILES string of the molecule is CON(OC)C(=O)Oc1ccncn1. The first-order valence-electron chi connectivity index (χ1n) is 3.64. The number of rotatable bonds is 3. The van der Waals surface area contributed by atoms with Crippen molar-refractivity contribution in [2.45, 2.75) is 0 Å². The summed E-state index contributed by atoms with van der Waals surface area (Å²) >= 11 is 0. The Morgan fingerprint density at radius 1 is 1.43 bits per heavy atom. The van der Waals surface area contributed by atoms with Gasteiger partial charge in [-0.1, -0.05) is 0 Å². The van der Waals surface area contributed by atoms with Crippen LogP contribution in [0.3, 0.4) is 0 Å². The van der Waals surface area contributed by atoms with E-state index in [1.165, 1.54) is 32.8 Å². The molecule has 1 heterocycles. The molecule has 0 N–H and O–H groups in total. The molecule has 0 fully saturated rings. The standard InChI is InChI=1S/C7H9N3O4/c1-12-10(13-2)7(11)14-6-3-4-8-5-9-6/h3-5H,1-2H3. The summed E-state index contributed by atoms with van der Waals surface area (Å²) < 4.78 is 4.74. The molecule has 7 heteroatoms. The summed E-state index contributed by atoms with van der Waals surface area (Å²) in [6.07, 6.45) is 1.88. The van der Waals surface area contributed by atoms with Crippen LogP contribution < -0.4 is 4.74 Å². The van der Waals surface area contributed by atoms with Crippen LogP contribution in [-0.2, 0) is 9.68 Å². The summed E-state index contributed by atoms with van der Waals surface area (Å²) in [6.45, 7) is 0. The molecule has 0 saturated heterocycles. The summed E-state index contributed by atoms with van der Waals surface area (Å²) in [5.74, 6) is 0.115. The Morgan fingerprint density at radius 3 is 2.64 bits per heavy atom. The number of carbonyl (C=O) groups excluding carboxylic acids is 1. The predicted octanol–water partition coefficient (Wildman–Crippen LogP) is 0.400. The zero-order chi connectivity index (χ0) is 10.4. The molecule has 0 saturated carbocycles. The molecule has 0 unspecified atom stereocenters. The molecule has 76 valence electrons. The highest BCUT2D eigenvalue weighted by Crippen LogP contribution is 2.04. The maximum Gasteiger partial charge on any atom is 0.466 e. The molecule has 7 nitrogen and oxygen atoms in total. The molecule has 0 aliphatic carbocycles. The molecule has 1 aromatic rings. The van der Waals surface area contributed by atoms with Crippen molar-refractivity contribution in [3.8, 4) is 5.88 Å². The summed E-state index contributed by atoms with van der Waals surface area (Å²) in [6, 6.07) is 1.43. The molecule has 0 aromatic carbocycles. The van der Waals surface area contributed by atoms with Crippen molar-refractivity contribution in [3.05, 3.63) is 18.6 Å². The minimum Gasteiger partial charge on any atom is -0.388 e. The molecule has 1 amide bonds. The van der Waals surface area contributed by atoms with E-state index in [2.05, 4.69) is 19.6 Å². The Hall–Kier alpha value is -1.73. The lowest BCUT2D eigenvalue weighted by atomic mass is 10.6. The van der Waals surface area contributed by atoms with E-state index in [-0.39, 0.29) is 5.88 Å². The number of hydrogen-bond acceptors (Lipinski definition) is 6. The highest BCUT2D eigenvalue weighted by molar-refractivity contribution is 5.67. The normalized spacial score (nSPS) is 9.57. The van der Waals surface area contributed by atoms with Crippen LogP contribution in [-0.4, -0.2) is 35.5 Å². The van der Waals surface area contributed by atoms with Crippen molar-refractivity contribution in [1.82, 2.24) is 15.2 Å². The summed E-state index contributed by atoms with van der Waals surface area (Å²) in [4.78, 5) is 27.6. The fraction of sp³-hybridized carbons (Fsp3) is 0.286. The van der Waals surface area contributed by atoms with E-state index >= 15 is 0 Å². The second kappa shape index (κ2) is 5.10. The van der Waals surface area contributed by atoms with E-state index in [0.29, 0.717) is 5.23 Å². The van der Waals surface area contributed by atoms with Crippen molar-refractivity contribution in [3.63, 3.8) is 0 Å². The van der Waals surface area contributed by atoms with Gasteiger partial charge in [0.1, 0.15) is 6.33 Å². The molecule has 1 aromatic heterocycles. The molecule has 0 bridgehead atoms. The van der Waals surface area contributed by atoms with Gasteiger partial charge in [-0.2, -0.15) is 0 Å². The lowest BCUT2D eigenvalue weighted by molar-refractivity contribution is -0.305. The Bertz CT molecular complexity index is 288. The van der Waals surface area contributed by atoms with Crippen LogP contribution in [0.15, 0.2) is 18.6 Å². The number of aromatic nitrogens is 2. The van der Waals surface area contributed by atoms with Crippen LogP contribution in [0.5, 0.6) is 5.88 Å². The average Bonchev–Trinajstić information content (AvgIpc) is 2.21. The third-order valence-corrected chi connectivity index (χ3v) is 1.23. The lowest BCUT2D eigenvalue weighted by Gasteiger charge is -2.14. The first-order valence-corrected chi connectivity index (χ1v) is 3.64. The number of hydroxylamine groups is 2. The van der Waals surface area contributed by atoms with Crippen LogP contribution in [0.1, 0.15) is 0 Å². The molecule has 0 atom stereocenters. The van der Waals surface area contributed by atoms with E-state index < -0.39 is 6.09 Å². The van der Waals surface area contributed by atoms with Crippen molar-refractivity contribution in [1.29, 1.82) is 0 Å². The van der Waals surface area contributed by atoms with Gasteiger partial charge in [0.25, 0.3) is 0 Å². The fourth-order valence-corrected chi connectivity index (χ4v) is 0.689. The summed E-state index contributed by atoms with van der Waals surface area (Å²) in [5, 5.41) is 0.572. The predicted molar refractivity (Wildman–Crippen MR) is 43.9 cm³/mol. The monoisotopic (exact) mass is 199 g/mol. The zero-order valence-electron chi connectivity index (χ0n) is 7.71. The van der Waals surface area contributed by atoms with Crippen LogP contribution in [0, 0.1) is 0 Å². The molecule has 14 heavy (non-hydrogen) atoms. The third kappa shape index (κ3) is 2.64. The van der Waals surface area contributed by atoms with E-state index in [0.717, 1.165) is 0 Å². The molecule has 0 spiro atoms. The quantitative estimate of drug-likeness (QED) is 0.656. The van der Waals surface area contributed by atoms with Crippen molar-refractivity contribution < 1.29 is 19.2 Å². The zero-order valence-corrected chi connectivity index (χ0v) is 7.71. The molecule has 0 aliphatic heterocycles. The Morgan fingerprint density at radius 2 is 2.14 bits per heavy atom. The first kappa shape index (κ1) is 10.4. The second-order valence-corrected chi connectivity index (χ2v) is 2.04. The van der Waals surface area contributed by atoms with E-state index in [1.54, 1.807) is 0 Å². The number of ether oxygens (including phenoxy) is 1. The second-order valence-electron chi connectivity index (χ2n) is 2.04. The van der Waals surface area contributed by atoms with Gasteiger partial charge in [0.2, 0.25) is 5.88 Å².